The van der Waals surface area contributed by atoms with Crippen LogP contribution < -0.4 is 0 Å². The molecule has 0 aromatic carbocycles. The van der Waals surface area contributed by atoms with Crippen molar-refractivity contribution in [1.82, 2.24) is 20.0 Å². The van der Waals surface area contributed by atoms with Crippen LogP contribution >= 0.6 is 34.0 Å². The minimum Gasteiger partial charge on any atom is -0.256 e. The topological polar surface area (TPSA) is 43.6 Å². The molecule has 5 heterocycles. The van der Waals surface area contributed by atoms with Gasteiger partial charge in [-0.1, -0.05) is 11.3 Å². The molecule has 0 atom stereocenters. The standard InChI is InChI=1S/C17H10N4S3/c1-2-5-18-12(3-1)11-7-17(23-10-11)21-9-13(19-20-21)15-8-16-14(24-15)4-6-22-16/h1-10H. The fourth-order valence-electron chi connectivity index (χ4n) is 2.49. The Bertz CT molecular complexity index is 1090. The van der Waals surface area contributed by atoms with Gasteiger partial charge in [-0.2, -0.15) is 0 Å². The van der Waals surface area contributed by atoms with Gasteiger partial charge in [0.05, 0.1) is 16.8 Å². The molecule has 0 saturated carbocycles. The summed E-state index contributed by atoms with van der Waals surface area (Å²) in [5.41, 5.74) is 2.99. The predicted molar refractivity (Wildman–Crippen MR) is 101 cm³/mol. The Hall–Kier alpha value is -2.35. The summed E-state index contributed by atoms with van der Waals surface area (Å²) in [5.74, 6) is 0. The molecule has 0 saturated heterocycles. The van der Waals surface area contributed by atoms with E-state index in [0.717, 1.165) is 26.8 Å². The summed E-state index contributed by atoms with van der Waals surface area (Å²) in [6.07, 6.45) is 3.80. The number of hydrogen-bond donors (Lipinski definition) is 0. The van der Waals surface area contributed by atoms with Crippen LogP contribution in [0.5, 0.6) is 0 Å². The molecule has 0 radical (unpaired) electrons. The summed E-state index contributed by atoms with van der Waals surface area (Å²) < 4.78 is 4.44. The van der Waals surface area contributed by atoms with E-state index in [1.54, 1.807) is 34.0 Å². The zero-order valence-electron chi connectivity index (χ0n) is 12.3. The van der Waals surface area contributed by atoms with E-state index >= 15 is 0 Å². The van der Waals surface area contributed by atoms with Gasteiger partial charge in [0.25, 0.3) is 0 Å². The van der Waals surface area contributed by atoms with Gasteiger partial charge in [-0.3, -0.25) is 4.98 Å². The van der Waals surface area contributed by atoms with Crippen molar-refractivity contribution in [3.8, 4) is 26.8 Å². The number of hydrogen-bond acceptors (Lipinski definition) is 6. The van der Waals surface area contributed by atoms with Crippen LogP contribution in [0.1, 0.15) is 0 Å². The molecule has 5 rings (SSSR count). The highest BCUT2D eigenvalue weighted by molar-refractivity contribution is 7.28. The first kappa shape index (κ1) is 14.0. The molecule has 0 aliphatic carbocycles. The predicted octanol–water partition coefficient (Wildman–Crippen LogP) is 5.33. The van der Waals surface area contributed by atoms with E-state index in [1.807, 2.05) is 35.3 Å². The van der Waals surface area contributed by atoms with Crippen molar-refractivity contribution in [3.05, 3.63) is 59.6 Å². The molecule has 0 N–H and O–H groups in total. The molecular formula is C17H10N4S3. The van der Waals surface area contributed by atoms with Crippen molar-refractivity contribution in [2.75, 3.05) is 0 Å². The molecule has 0 spiro atoms. The van der Waals surface area contributed by atoms with Gasteiger partial charge in [0, 0.05) is 26.5 Å². The summed E-state index contributed by atoms with van der Waals surface area (Å²) in [6, 6.07) is 12.4. The molecule has 116 valence electrons. The third-order valence-corrected chi connectivity index (χ3v) is 6.69. The monoisotopic (exact) mass is 366 g/mol. The summed E-state index contributed by atoms with van der Waals surface area (Å²) in [7, 11) is 0. The first-order valence-electron chi connectivity index (χ1n) is 7.27. The average Bonchev–Trinajstić information content (AvgIpc) is 3.36. The number of fused-ring (bicyclic) bond motifs is 1. The highest BCUT2D eigenvalue weighted by Crippen LogP contribution is 2.36. The fraction of sp³-hybridized carbons (Fsp3) is 0. The van der Waals surface area contributed by atoms with E-state index < -0.39 is 0 Å². The van der Waals surface area contributed by atoms with E-state index in [1.165, 1.54) is 9.40 Å². The van der Waals surface area contributed by atoms with Crippen molar-refractivity contribution < 1.29 is 0 Å². The summed E-state index contributed by atoms with van der Waals surface area (Å²) in [4.78, 5) is 5.55. The van der Waals surface area contributed by atoms with Crippen LogP contribution in [-0.2, 0) is 0 Å². The summed E-state index contributed by atoms with van der Waals surface area (Å²) in [6.45, 7) is 0. The Labute approximate surface area is 149 Å². The van der Waals surface area contributed by atoms with Crippen molar-refractivity contribution >= 4 is 43.4 Å². The van der Waals surface area contributed by atoms with Gasteiger partial charge in [-0.05, 0) is 35.7 Å². The fourth-order valence-corrected chi connectivity index (χ4v) is 5.38. The van der Waals surface area contributed by atoms with Crippen molar-refractivity contribution in [2.45, 2.75) is 0 Å². The summed E-state index contributed by atoms with van der Waals surface area (Å²) in [5, 5.41) is 13.9. The number of thiophene rings is 3. The van der Waals surface area contributed by atoms with Gasteiger partial charge in [-0.25, -0.2) is 4.68 Å². The molecule has 0 amide bonds. The maximum absolute atomic E-state index is 4.39. The van der Waals surface area contributed by atoms with Gasteiger partial charge in [-0.15, -0.1) is 39.1 Å². The van der Waals surface area contributed by atoms with Gasteiger partial charge in [0.1, 0.15) is 10.7 Å². The molecule has 0 aliphatic rings. The SMILES string of the molecule is c1ccc(-c2csc(-n3cc(-c4cc5sccc5s4)nn3)c2)nc1. The second kappa shape index (κ2) is 5.62. The van der Waals surface area contributed by atoms with Crippen LogP contribution in [0.25, 0.3) is 36.2 Å². The molecule has 0 aliphatic heterocycles. The Morgan fingerprint density at radius 3 is 2.83 bits per heavy atom. The Kier molecular flexibility index (Phi) is 3.29. The number of rotatable bonds is 3. The minimum absolute atomic E-state index is 0.913. The van der Waals surface area contributed by atoms with E-state index in [-0.39, 0.29) is 0 Å². The molecule has 7 heteroatoms. The quantitative estimate of drug-likeness (QED) is 0.433. The van der Waals surface area contributed by atoms with Gasteiger partial charge in [0.15, 0.2) is 0 Å². The number of aromatic nitrogens is 4. The Morgan fingerprint density at radius 1 is 0.958 bits per heavy atom. The minimum atomic E-state index is 0.913. The van der Waals surface area contributed by atoms with E-state index in [2.05, 4.69) is 44.3 Å². The van der Waals surface area contributed by atoms with Crippen LogP contribution in [0.15, 0.2) is 59.6 Å². The normalized spacial score (nSPS) is 11.3. The maximum atomic E-state index is 4.39. The maximum Gasteiger partial charge on any atom is 0.123 e. The highest BCUT2D eigenvalue weighted by Gasteiger charge is 2.11. The van der Waals surface area contributed by atoms with Crippen LogP contribution in [-0.4, -0.2) is 20.0 Å². The van der Waals surface area contributed by atoms with Gasteiger partial charge < -0.3 is 0 Å². The lowest BCUT2D eigenvalue weighted by Crippen LogP contribution is -1.90. The van der Waals surface area contributed by atoms with Crippen molar-refractivity contribution in [3.63, 3.8) is 0 Å². The molecule has 24 heavy (non-hydrogen) atoms. The van der Waals surface area contributed by atoms with Crippen molar-refractivity contribution in [1.29, 1.82) is 0 Å². The largest absolute Gasteiger partial charge is 0.256 e. The first-order chi connectivity index (χ1) is 11.9. The lowest BCUT2D eigenvalue weighted by atomic mass is 10.2. The Balaban J connectivity index is 1.49. The summed E-state index contributed by atoms with van der Waals surface area (Å²) >= 11 is 5.15. The average molecular weight is 366 g/mol. The third kappa shape index (κ3) is 2.37. The number of pyridine rings is 1. The molecule has 5 aromatic heterocycles. The molecule has 0 bridgehead atoms. The third-order valence-electron chi connectivity index (χ3n) is 3.66. The zero-order chi connectivity index (χ0) is 15.9. The highest BCUT2D eigenvalue weighted by atomic mass is 32.1. The molecule has 4 nitrogen and oxygen atoms in total. The second-order valence-electron chi connectivity index (χ2n) is 5.20. The second-order valence-corrected chi connectivity index (χ2v) is 8.12. The lowest BCUT2D eigenvalue weighted by molar-refractivity contribution is 0.815. The van der Waals surface area contributed by atoms with Crippen LogP contribution in [0.4, 0.5) is 0 Å². The smallest absolute Gasteiger partial charge is 0.123 e. The van der Waals surface area contributed by atoms with E-state index in [0.29, 0.717) is 0 Å². The van der Waals surface area contributed by atoms with E-state index in [4.69, 9.17) is 0 Å². The van der Waals surface area contributed by atoms with E-state index in [9.17, 15) is 0 Å². The lowest BCUT2D eigenvalue weighted by Gasteiger charge is -1.94. The molecule has 0 unspecified atom stereocenters. The van der Waals surface area contributed by atoms with Crippen LogP contribution in [0.3, 0.4) is 0 Å². The molecular weight excluding hydrogens is 356 g/mol. The van der Waals surface area contributed by atoms with Crippen LogP contribution in [0, 0.1) is 0 Å². The first-order valence-corrected chi connectivity index (χ1v) is 9.84. The van der Waals surface area contributed by atoms with Gasteiger partial charge >= 0.3 is 0 Å². The van der Waals surface area contributed by atoms with Crippen molar-refractivity contribution in [2.24, 2.45) is 0 Å². The molecule has 5 aromatic rings. The Morgan fingerprint density at radius 2 is 1.96 bits per heavy atom. The zero-order valence-corrected chi connectivity index (χ0v) is 14.7. The number of nitrogens with zero attached hydrogens (tertiary/aromatic N) is 4. The van der Waals surface area contributed by atoms with Gasteiger partial charge in [0.2, 0.25) is 0 Å². The molecule has 0 fully saturated rings. The van der Waals surface area contributed by atoms with Crippen LogP contribution in [0.2, 0.25) is 0 Å².